The lowest BCUT2D eigenvalue weighted by Gasteiger charge is -2.24. The number of nitrogens with zero attached hydrogens (tertiary/aromatic N) is 5. The van der Waals surface area contributed by atoms with Crippen LogP contribution in [0.25, 0.3) is 5.65 Å². The summed E-state index contributed by atoms with van der Waals surface area (Å²) in [5, 5.41) is 4.37. The second-order valence-electron chi connectivity index (χ2n) is 5.75. The van der Waals surface area contributed by atoms with E-state index in [-0.39, 0.29) is 0 Å². The van der Waals surface area contributed by atoms with Gasteiger partial charge in [0.2, 0.25) is 0 Å². The van der Waals surface area contributed by atoms with Crippen molar-refractivity contribution in [1.82, 2.24) is 19.5 Å². The summed E-state index contributed by atoms with van der Waals surface area (Å²) in [6, 6.07) is 4.28. The summed E-state index contributed by atoms with van der Waals surface area (Å²) in [5.74, 6) is 1.16. The van der Waals surface area contributed by atoms with Crippen LogP contribution < -0.4 is 10.6 Å². The van der Waals surface area contributed by atoms with Crippen molar-refractivity contribution in [2.24, 2.45) is 5.73 Å². The Hall–Kier alpha value is -1.66. The molecule has 1 aliphatic rings. The summed E-state index contributed by atoms with van der Waals surface area (Å²) < 4.78 is 1.95. The highest BCUT2D eigenvalue weighted by Gasteiger charge is 2.17. The van der Waals surface area contributed by atoms with Crippen molar-refractivity contribution in [1.29, 1.82) is 0 Å². The van der Waals surface area contributed by atoms with Crippen LogP contribution in [0.2, 0.25) is 0 Å². The lowest BCUT2D eigenvalue weighted by molar-refractivity contribution is 0.291. The number of aromatic nitrogens is 3. The first-order chi connectivity index (χ1) is 10.3. The van der Waals surface area contributed by atoms with Crippen LogP contribution >= 0.6 is 0 Å². The second kappa shape index (κ2) is 6.41. The minimum Gasteiger partial charge on any atom is -0.355 e. The maximum Gasteiger partial charge on any atom is 0.157 e. The van der Waals surface area contributed by atoms with E-state index >= 15 is 0 Å². The SMILES string of the molecule is Cc1cc(N2CCCN(CCCN)CC2)n2ncnc2c1. The van der Waals surface area contributed by atoms with Crippen molar-refractivity contribution in [3.8, 4) is 0 Å². The molecule has 2 aromatic heterocycles. The first-order valence-corrected chi connectivity index (χ1v) is 7.75. The molecule has 0 aliphatic carbocycles. The van der Waals surface area contributed by atoms with Crippen LogP contribution in [-0.4, -0.2) is 58.8 Å². The third-order valence-corrected chi connectivity index (χ3v) is 4.10. The third-order valence-electron chi connectivity index (χ3n) is 4.10. The normalized spacial score (nSPS) is 17.3. The molecular weight excluding hydrogens is 264 g/mol. The van der Waals surface area contributed by atoms with Gasteiger partial charge in [-0.1, -0.05) is 0 Å². The van der Waals surface area contributed by atoms with Gasteiger partial charge in [-0.2, -0.15) is 9.61 Å². The lowest BCUT2D eigenvalue weighted by Crippen LogP contribution is -2.32. The molecule has 0 atom stereocenters. The van der Waals surface area contributed by atoms with E-state index < -0.39 is 0 Å². The zero-order chi connectivity index (χ0) is 14.7. The molecular formula is C15H24N6. The first-order valence-electron chi connectivity index (χ1n) is 7.75. The van der Waals surface area contributed by atoms with Gasteiger partial charge in [0.25, 0.3) is 0 Å². The minimum absolute atomic E-state index is 0.775. The van der Waals surface area contributed by atoms with Gasteiger partial charge in [-0.05, 0) is 57.1 Å². The highest BCUT2D eigenvalue weighted by atomic mass is 15.4. The molecule has 1 fully saturated rings. The standard InChI is InChI=1S/C15H24N6/c1-13-10-14-17-12-18-21(14)15(11-13)20-7-3-6-19(8-9-20)5-2-4-16/h10-12H,2-9,16H2,1H3. The number of aryl methyl sites for hydroxylation is 1. The Labute approximate surface area is 125 Å². The van der Waals surface area contributed by atoms with Crippen molar-refractivity contribution < 1.29 is 0 Å². The number of fused-ring (bicyclic) bond motifs is 1. The smallest absolute Gasteiger partial charge is 0.157 e. The van der Waals surface area contributed by atoms with Crippen molar-refractivity contribution in [3.63, 3.8) is 0 Å². The van der Waals surface area contributed by atoms with Gasteiger partial charge in [-0.3, -0.25) is 0 Å². The number of pyridine rings is 1. The predicted octanol–water partition coefficient (Wildman–Crippen LogP) is 0.899. The van der Waals surface area contributed by atoms with Crippen LogP contribution in [0.5, 0.6) is 0 Å². The van der Waals surface area contributed by atoms with Crippen molar-refractivity contribution in [2.75, 3.05) is 44.2 Å². The molecule has 0 saturated carbocycles. The van der Waals surface area contributed by atoms with Gasteiger partial charge in [0, 0.05) is 19.6 Å². The number of nitrogens with two attached hydrogens (primary N) is 1. The molecule has 0 radical (unpaired) electrons. The Morgan fingerprint density at radius 2 is 2.10 bits per heavy atom. The topological polar surface area (TPSA) is 62.7 Å². The molecule has 3 heterocycles. The summed E-state index contributed by atoms with van der Waals surface area (Å²) >= 11 is 0. The molecule has 2 aromatic rings. The van der Waals surface area contributed by atoms with Crippen molar-refractivity contribution in [2.45, 2.75) is 19.8 Å². The van der Waals surface area contributed by atoms with Gasteiger partial charge in [-0.25, -0.2) is 4.98 Å². The van der Waals surface area contributed by atoms with Gasteiger partial charge in [0.15, 0.2) is 5.65 Å². The van der Waals surface area contributed by atoms with Crippen molar-refractivity contribution >= 4 is 11.5 Å². The molecule has 6 nitrogen and oxygen atoms in total. The zero-order valence-corrected chi connectivity index (χ0v) is 12.7. The monoisotopic (exact) mass is 288 g/mol. The number of rotatable bonds is 4. The molecule has 2 N–H and O–H groups in total. The van der Waals surface area contributed by atoms with E-state index in [1.54, 1.807) is 6.33 Å². The number of anilines is 1. The van der Waals surface area contributed by atoms with Gasteiger partial charge in [0.05, 0.1) is 0 Å². The zero-order valence-electron chi connectivity index (χ0n) is 12.7. The average Bonchev–Trinajstić information content (AvgIpc) is 2.81. The molecule has 6 heteroatoms. The molecule has 114 valence electrons. The summed E-state index contributed by atoms with van der Waals surface area (Å²) in [6.45, 7) is 8.34. The molecule has 21 heavy (non-hydrogen) atoms. The van der Waals surface area contributed by atoms with Crippen LogP contribution in [-0.2, 0) is 0 Å². The third kappa shape index (κ3) is 3.16. The van der Waals surface area contributed by atoms with E-state index in [2.05, 4.69) is 38.9 Å². The van der Waals surface area contributed by atoms with Crippen LogP contribution in [0.15, 0.2) is 18.5 Å². The second-order valence-corrected chi connectivity index (χ2v) is 5.75. The maximum absolute atomic E-state index is 5.61. The molecule has 1 saturated heterocycles. The Bertz CT molecular complexity index is 593. The number of hydrogen-bond acceptors (Lipinski definition) is 5. The van der Waals surface area contributed by atoms with E-state index in [1.165, 1.54) is 12.0 Å². The van der Waals surface area contributed by atoms with E-state index in [0.717, 1.165) is 57.2 Å². The molecule has 0 amide bonds. The fourth-order valence-corrected chi connectivity index (χ4v) is 3.00. The molecule has 0 aromatic carbocycles. The molecule has 3 rings (SSSR count). The largest absolute Gasteiger partial charge is 0.355 e. The van der Waals surface area contributed by atoms with Gasteiger partial charge < -0.3 is 15.5 Å². The Balaban J connectivity index is 1.78. The van der Waals surface area contributed by atoms with Crippen LogP contribution in [0.3, 0.4) is 0 Å². The van der Waals surface area contributed by atoms with E-state index in [1.807, 2.05) is 4.52 Å². The summed E-state index contributed by atoms with van der Waals surface area (Å²) in [5.41, 5.74) is 7.77. The Kier molecular flexibility index (Phi) is 4.36. The quantitative estimate of drug-likeness (QED) is 0.905. The first kappa shape index (κ1) is 14.3. The van der Waals surface area contributed by atoms with Crippen molar-refractivity contribution in [3.05, 3.63) is 24.0 Å². The maximum atomic E-state index is 5.61. The van der Waals surface area contributed by atoms with Gasteiger partial charge in [0.1, 0.15) is 12.1 Å². The predicted molar refractivity (Wildman–Crippen MR) is 84.7 cm³/mol. The Morgan fingerprint density at radius 3 is 2.95 bits per heavy atom. The number of hydrogen-bond donors (Lipinski definition) is 1. The van der Waals surface area contributed by atoms with E-state index in [4.69, 9.17) is 5.73 Å². The molecule has 1 aliphatic heterocycles. The molecule has 0 bridgehead atoms. The molecule has 0 unspecified atom stereocenters. The summed E-state index contributed by atoms with van der Waals surface area (Å²) in [6.07, 6.45) is 3.89. The van der Waals surface area contributed by atoms with Crippen LogP contribution in [0, 0.1) is 6.92 Å². The van der Waals surface area contributed by atoms with Crippen LogP contribution in [0.1, 0.15) is 18.4 Å². The fourth-order valence-electron chi connectivity index (χ4n) is 3.00. The molecule has 0 spiro atoms. The fraction of sp³-hybridized carbons (Fsp3) is 0.600. The van der Waals surface area contributed by atoms with E-state index in [0.29, 0.717) is 0 Å². The van der Waals surface area contributed by atoms with Gasteiger partial charge in [-0.15, -0.1) is 0 Å². The summed E-state index contributed by atoms with van der Waals surface area (Å²) in [7, 11) is 0. The minimum atomic E-state index is 0.775. The average molecular weight is 288 g/mol. The Morgan fingerprint density at radius 1 is 1.19 bits per heavy atom. The van der Waals surface area contributed by atoms with Gasteiger partial charge >= 0.3 is 0 Å². The van der Waals surface area contributed by atoms with Crippen LogP contribution in [0.4, 0.5) is 5.82 Å². The highest BCUT2D eigenvalue weighted by molar-refractivity contribution is 5.53. The lowest BCUT2D eigenvalue weighted by atomic mass is 10.2. The summed E-state index contributed by atoms with van der Waals surface area (Å²) in [4.78, 5) is 9.26. The van der Waals surface area contributed by atoms with E-state index in [9.17, 15) is 0 Å². The highest BCUT2D eigenvalue weighted by Crippen LogP contribution is 2.19.